The third kappa shape index (κ3) is 19.1. The van der Waals surface area contributed by atoms with Crippen LogP contribution in [0.4, 0.5) is 0 Å². The molecule has 432 valence electrons. The Hall–Kier alpha value is -3.49. The van der Waals surface area contributed by atoms with Crippen LogP contribution in [0.2, 0.25) is 0 Å². The average Bonchev–Trinajstić information content (AvgIpc) is 3.40. The van der Waals surface area contributed by atoms with Crippen molar-refractivity contribution >= 4 is 29.2 Å². The Balaban J connectivity index is 1.70. The van der Waals surface area contributed by atoms with Crippen LogP contribution >= 0.6 is 0 Å². The van der Waals surface area contributed by atoms with Crippen LogP contribution in [0.1, 0.15) is 126 Å². The first kappa shape index (κ1) is 65.0. The Bertz CT molecular complexity index is 1950. The van der Waals surface area contributed by atoms with E-state index in [1.165, 1.54) is 19.1 Å². The molecule has 15 atom stereocenters. The lowest BCUT2D eigenvalue weighted by atomic mass is 9.78. The second-order valence-electron chi connectivity index (χ2n) is 21.9. The smallest absolute Gasteiger partial charge is 0.329 e. The fraction of sp³-hybridized carbons (Fsp3) is 0.780. The number of hydrogen-bond donors (Lipinski definition) is 1. The summed E-state index contributed by atoms with van der Waals surface area (Å²) >= 11 is 0. The number of methoxy groups -OCH3 is 5. The van der Waals surface area contributed by atoms with E-state index in [4.69, 9.17) is 47.4 Å². The van der Waals surface area contributed by atoms with Crippen molar-refractivity contribution in [2.45, 2.75) is 180 Å². The summed E-state index contributed by atoms with van der Waals surface area (Å²) in [7, 11) is 7.97. The van der Waals surface area contributed by atoms with E-state index in [-0.39, 0.29) is 79.9 Å². The molecular weight excluding hydrogens is 979 g/mol. The zero-order valence-corrected chi connectivity index (χ0v) is 48.0. The molecule has 1 unspecified atom stereocenters. The first-order valence-corrected chi connectivity index (χ1v) is 27.9. The summed E-state index contributed by atoms with van der Waals surface area (Å²) in [5.41, 5.74) is 1.50. The Morgan fingerprint density at radius 2 is 1.42 bits per heavy atom. The van der Waals surface area contributed by atoms with E-state index in [1.807, 2.05) is 65.0 Å². The number of fused-ring (bicyclic) bond motifs is 3. The average molecular weight is 1070 g/mol. The van der Waals surface area contributed by atoms with Gasteiger partial charge in [-0.05, 0) is 107 Å². The van der Waals surface area contributed by atoms with Crippen LogP contribution in [0.5, 0.6) is 0 Å². The van der Waals surface area contributed by atoms with E-state index in [9.17, 15) is 29.1 Å². The van der Waals surface area contributed by atoms with Gasteiger partial charge in [-0.25, -0.2) is 4.79 Å². The van der Waals surface area contributed by atoms with Gasteiger partial charge in [0.1, 0.15) is 30.1 Å². The fourth-order valence-electron chi connectivity index (χ4n) is 11.3. The quantitative estimate of drug-likeness (QED) is 0.0648. The lowest BCUT2D eigenvalue weighted by Gasteiger charge is -2.43. The van der Waals surface area contributed by atoms with Crippen molar-refractivity contribution in [2.75, 3.05) is 81.7 Å². The van der Waals surface area contributed by atoms with Gasteiger partial charge in [-0.2, -0.15) is 0 Å². The van der Waals surface area contributed by atoms with E-state index in [1.54, 1.807) is 41.3 Å². The maximum Gasteiger partial charge on any atom is 0.329 e. The molecule has 1 saturated carbocycles. The zero-order valence-electron chi connectivity index (χ0n) is 48.0. The Kier molecular flexibility index (Phi) is 28.4. The molecule has 4 rings (SSSR count). The number of allylic oxidation sites excluding steroid dienone is 6. The van der Waals surface area contributed by atoms with Crippen LogP contribution < -0.4 is 0 Å². The van der Waals surface area contributed by atoms with Gasteiger partial charge in [0.2, 0.25) is 5.79 Å². The molecule has 0 aromatic carbocycles. The summed E-state index contributed by atoms with van der Waals surface area (Å²) in [6, 6.07) is -1.14. The first-order valence-electron chi connectivity index (χ1n) is 27.9. The molecule has 1 N–H and O–H groups in total. The molecule has 1 amide bonds. The van der Waals surface area contributed by atoms with Crippen LogP contribution in [0.3, 0.4) is 0 Å². The summed E-state index contributed by atoms with van der Waals surface area (Å²) in [6.07, 6.45) is 13.5. The predicted molar refractivity (Wildman–Crippen MR) is 287 cm³/mol. The normalized spacial score (nSPS) is 36.3. The van der Waals surface area contributed by atoms with Crippen LogP contribution in [-0.4, -0.2) is 176 Å². The number of esters is 1. The molecule has 3 heterocycles. The molecule has 2 saturated heterocycles. The predicted octanol–water partition coefficient (Wildman–Crippen LogP) is 7.54. The maximum absolute atomic E-state index is 14.6. The molecular formula is C59H95NO16. The first-order chi connectivity index (χ1) is 36.3. The fourth-order valence-corrected chi connectivity index (χ4v) is 11.3. The van der Waals surface area contributed by atoms with Gasteiger partial charge in [0, 0.05) is 72.7 Å². The topological polar surface area (TPSA) is 201 Å². The number of amides is 1. The van der Waals surface area contributed by atoms with Crippen LogP contribution in [0, 0.1) is 35.5 Å². The lowest BCUT2D eigenvalue weighted by Crippen LogP contribution is -2.61. The van der Waals surface area contributed by atoms with Crippen molar-refractivity contribution in [3.05, 3.63) is 47.6 Å². The van der Waals surface area contributed by atoms with Gasteiger partial charge in [0.15, 0.2) is 5.78 Å². The number of rotatable bonds is 17. The number of Topliss-reactive ketones (excluding diaryl/α,β-unsaturated/α-hetero) is 3. The van der Waals surface area contributed by atoms with Crippen molar-refractivity contribution in [3.63, 3.8) is 0 Å². The van der Waals surface area contributed by atoms with Gasteiger partial charge < -0.3 is 57.4 Å². The van der Waals surface area contributed by atoms with Gasteiger partial charge in [0.05, 0.1) is 64.1 Å². The summed E-state index contributed by atoms with van der Waals surface area (Å²) < 4.78 is 58.7. The van der Waals surface area contributed by atoms with E-state index >= 15 is 0 Å². The minimum atomic E-state index is -2.47. The molecule has 3 fully saturated rings. The Morgan fingerprint density at radius 1 is 0.737 bits per heavy atom. The number of ether oxygens (including phenoxy) is 10. The van der Waals surface area contributed by atoms with Crippen molar-refractivity contribution < 1.29 is 76.4 Å². The molecule has 17 heteroatoms. The minimum Gasteiger partial charge on any atom is -0.460 e. The highest BCUT2D eigenvalue weighted by molar-refractivity contribution is 6.39. The molecule has 0 spiro atoms. The number of hydrogen-bond acceptors (Lipinski definition) is 16. The molecule has 0 radical (unpaired) electrons. The number of carbonyl (C=O) groups is 5. The SMILES string of the molecule is COCCOCCOCCOC1C[C@@H]2CC[C@@H](C)[C@@](O)(O2)C(=O)C(=O)N2CCCC[C@H]2C(=O)O[C@H]([C@H](C)C[C@@H]2CC[C@@H](OC)[C@H](OC)C2)CC(=O)[C@H](C)/C=C(\C)[C@@H](OC)[C@@H](OC)C(=O)[C@H](C)C[C@H](C)/C=C/C=C/C=C/1C. The van der Waals surface area contributed by atoms with E-state index < -0.39 is 71.8 Å². The second-order valence-corrected chi connectivity index (χ2v) is 21.9. The third-order valence-corrected chi connectivity index (χ3v) is 16.0. The standard InChI is InChI=1S/C59H95NO16/c1-38-18-14-13-15-19-39(2)50(74-31-30-73-29-28-72-27-26-67-8)36-46-23-21-44(7)59(66,76-46)56(63)57(64)60-25-17-16-20-47(60)58(65)75-51(41(4)34-45-22-24-49(68-9)52(35-45)69-10)37-48(61)40(3)33-43(6)54(70-11)55(71-12)53(62)42(5)32-38/h13-15,18-19,33,38,40-42,44-47,49-52,54-55,66H,16-17,20-32,34-37H2,1-12H3/b15-13+,18-14+,39-19+,43-33+/t38-,40-,41-,42-,44-,45+,46+,47+,49-,50?,51+,52-,54-,55+,59-/m1/s1. The number of cyclic esters (lactones) is 1. The summed E-state index contributed by atoms with van der Waals surface area (Å²) in [5.74, 6) is -7.49. The largest absolute Gasteiger partial charge is 0.460 e. The minimum absolute atomic E-state index is 0.0325. The van der Waals surface area contributed by atoms with Crippen molar-refractivity contribution in [2.24, 2.45) is 35.5 Å². The Morgan fingerprint density at radius 3 is 2.09 bits per heavy atom. The highest BCUT2D eigenvalue weighted by atomic mass is 16.6. The van der Waals surface area contributed by atoms with E-state index in [0.29, 0.717) is 77.1 Å². The molecule has 0 aromatic rings. The number of carbonyl (C=O) groups excluding carboxylic acids is 5. The monoisotopic (exact) mass is 1070 g/mol. The highest BCUT2D eigenvalue weighted by Crippen LogP contribution is 2.38. The van der Waals surface area contributed by atoms with Gasteiger partial charge >= 0.3 is 5.97 Å². The third-order valence-electron chi connectivity index (χ3n) is 16.0. The summed E-state index contributed by atoms with van der Waals surface area (Å²) in [5, 5.41) is 12.2. The van der Waals surface area contributed by atoms with Crippen LogP contribution in [0.25, 0.3) is 0 Å². The van der Waals surface area contributed by atoms with Gasteiger partial charge in [0.25, 0.3) is 11.7 Å². The second kappa shape index (κ2) is 33.2. The molecule has 3 aliphatic heterocycles. The van der Waals surface area contributed by atoms with Gasteiger partial charge in [-0.1, -0.05) is 71.1 Å². The lowest BCUT2D eigenvalue weighted by molar-refractivity contribution is -0.266. The highest BCUT2D eigenvalue weighted by Gasteiger charge is 2.53. The Labute approximate surface area is 454 Å². The summed E-state index contributed by atoms with van der Waals surface area (Å²) in [4.78, 5) is 73.3. The van der Waals surface area contributed by atoms with Crippen molar-refractivity contribution in [1.82, 2.24) is 4.90 Å². The number of ketones is 3. The van der Waals surface area contributed by atoms with Crippen molar-refractivity contribution in [1.29, 1.82) is 0 Å². The molecule has 1 aliphatic carbocycles. The van der Waals surface area contributed by atoms with Crippen LogP contribution in [-0.2, 0) is 71.3 Å². The molecule has 76 heavy (non-hydrogen) atoms. The number of piperidine rings is 1. The maximum atomic E-state index is 14.6. The number of aliphatic hydroxyl groups is 1. The molecule has 4 aliphatic rings. The van der Waals surface area contributed by atoms with Gasteiger partial charge in [-0.3, -0.25) is 19.2 Å². The van der Waals surface area contributed by atoms with Crippen molar-refractivity contribution in [3.8, 4) is 0 Å². The van der Waals surface area contributed by atoms with E-state index in [0.717, 1.165) is 24.8 Å². The van der Waals surface area contributed by atoms with E-state index in [2.05, 4.69) is 0 Å². The van der Waals surface area contributed by atoms with Crippen LogP contribution in [0.15, 0.2) is 47.6 Å². The molecule has 0 aromatic heterocycles. The number of nitrogens with zero attached hydrogens (tertiary/aromatic N) is 1. The summed E-state index contributed by atoms with van der Waals surface area (Å²) in [6.45, 7) is 15.5. The molecule has 2 bridgehead atoms. The molecule has 17 nitrogen and oxygen atoms in total. The van der Waals surface area contributed by atoms with Gasteiger partial charge in [-0.15, -0.1) is 0 Å². The zero-order chi connectivity index (χ0) is 56.0.